The minimum Gasteiger partial charge on any atom is -0.362 e. The Morgan fingerprint density at radius 2 is 1.92 bits per heavy atom. The van der Waals surface area contributed by atoms with Gasteiger partial charge in [0.25, 0.3) is 0 Å². The van der Waals surface area contributed by atoms with Gasteiger partial charge in [-0.2, -0.15) is 0 Å². The monoisotopic (exact) mass is 396 g/mol. The van der Waals surface area contributed by atoms with Crippen molar-refractivity contribution in [3.8, 4) is 0 Å². The van der Waals surface area contributed by atoms with Gasteiger partial charge in [-0.3, -0.25) is 0 Å². The van der Waals surface area contributed by atoms with Crippen LogP contribution >= 0.6 is 47.3 Å². The molecule has 2 N–H and O–H groups in total. The molecule has 0 aliphatic heterocycles. The van der Waals surface area contributed by atoms with E-state index in [4.69, 9.17) is 23.8 Å². The van der Waals surface area contributed by atoms with Gasteiger partial charge >= 0.3 is 0 Å². The molecule has 6 heteroatoms. The van der Waals surface area contributed by atoms with Crippen LogP contribution in [-0.2, 0) is 0 Å². The summed E-state index contributed by atoms with van der Waals surface area (Å²) in [5, 5.41) is 7.97. The van der Waals surface area contributed by atoms with Gasteiger partial charge < -0.3 is 10.6 Å². The lowest BCUT2D eigenvalue weighted by atomic mass is 10.2. The van der Waals surface area contributed by atoms with Crippen molar-refractivity contribution in [3.63, 3.8) is 0 Å². The molecular weight excluding hydrogens is 376 g/mol. The molecule has 0 bridgehead atoms. The molecule has 2 rings (SSSR count). The Balaban J connectivity index is 1.71. The summed E-state index contributed by atoms with van der Waals surface area (Å²) in [6.07, 6.45) is 2.07. The minimum absolute atomic E-state index is 0.503. The van der Waals surface area contributed by atoms with E-state index in [1.807, 2.05) is 36.0 Å². The van der Waals surface area contributed by atoms with Crippen LogP contribution in [0.3, 0.4) is 0 Å². The lowest BCUT2D eigenvalue weighted by Gasteiger charge is -2.15. The van der Waals surface area contributed by atoms with Crippen molar-refractivity contribution < 1.29 is 0 Å². The van der Waals surface area contributed by atoms with Gasteiger partial charge in [-0.15, -0.1) is 23.5 Å². The van der Waals surface area contributed by atoms with Gasteiger partial charge in [-0.1, -0.05) is 24.6 Å². The standard InChI is InChI=1S/C18H21ClN2S3/c1-13(12-24-16-8-6-14(19)7-9-16)11-20-18(22)21-15-4-3-5-17(10-15)23-2/h3-10,13H,11-12H2,1-2H3,(H2,20,21,22). The average molecular weight is 397 g/mol. The fraction of sp³-hybridized carbons (Fsp3) is 0.278. The first-order valence-electron chi connectivity index (χ1n) is 7.64. The Hall–Kier alpha value is -0.880. The molecule has 0 aromatic heterocycles. The summed E-state index contributed by atoms with van der Waals surface area (Å²) in [5.74, 6) is 1.53. The number of thioether (sulfide) groups is 2. The summed E-state index contributed by atoms with van der Waals surface area (Å²) in [4.78, 5) is 2.45. The zero-order valence-electron chi connectivity index (χ0n) is 13.7. The second-order valence-electron chi connectivity index (χ2n) is 5.44. The third-order valence-corrected chi connectivity index (χ3v) is 5.85. The van der Waals surface area contributed by atoms with Crippen molar-refractivity contribution in [3.05, 3.63) is 53.6 Å². The lowest BCUT2D eigenvalue weighted by Crippen LogP contribution is -2.32. The molecule has 0 heterocycles. The zero-order valence-corrected chi connectivity index (χ0v) is 16.9. The zero-order chi connectivity index (χ0) is 17.4. The lowest BCUT2D eigenvalue weighted by molar-refractivity contribution is 0.637. The Kier molecular flexibility index (Phi) is 8.25. The van der Waals surface area contributed by atoms with Crippen LogP contribution in [0.1, 0.15) is 6.92 Å². The van der Waals surface area contributed by atoms with Gasteiger partial charge in [-0.05, 0) is 66.9 Å². The number of benzene rings is 2. The normalized spacial score (nSPS) is 11.8. The fourth-order valence-electron chi connectivity index (χ4n) is 1.97. The Morgan fingerprint density at radius 1 is 1.17 bits per heavy atom. The summed E-state index contributed by atoms with van der Waals surface area (Å²) in [5.41, 5.74) is 1.02. The van der Waals surface area contributed by atoms with Crippen LogP contribution in [-0.4, -0.2) is 23.7 Å². The van der Waals surface area contributed by atoms with Crippen LogP contribution in [0.5, 0.6) is 0 Å². The van der Waals surface area contributed by atoms with Gasteiger partial charge in [-0.25, -0.2) is 0 Å². The first kappa shape index (κ1) is 19.4. The Labute approximate surface area is 163 Å². The topological polar surface area (TPSA) is 24.1 Å². The third-order valence-electron chi connectivity index (χ3n) is 3.29. The van der Waals surface area contributed by atoms with Crippen molar-refractivity contribution in [2.24, 2.45) is 5.92 Å². The van der Waals surface area contributed by atoms with Crippen LogP contribution in [0, 0.1) is 5.92 Å². The van der Waals surface area contributed by atoms with Gasteiger partial charge in [0.05, 0.1) is 0 Å². The fourth-order valence-corrected chi connectivity index (χ4v) is 3.68. The number of thiocarbonyl (C=S) groups is 1. The summed E-state index contributed by atoms with van der Waals surface area (Å²) in [6.45, 7) is 3.06. The van der Waals surface area contributed by atoms with Crippen LogP contribution in [0.4, 0.5) is 5.69 Å². The van der Waals surface area contributed by atoms with Crippen molar-refractivity contribution in [2.45, 2.75) is 16.7 Å². The summed E-state index contributed by atoms with van der Waals surface area (Å²) in [7, 11) is 0. The van der Waals surface area contributed by atoms with Crippen LogP contribution in [0.25, 0.3) is 0 Å². The number of rotatable bonds is 7. The molecule has 0 amide bonds. The maximum absolute atomic E-state index is 5.90. The van der Waals surface area contributed by atoms with Gasteiger partial charge in [0.15, 0.2) is 5.11 Å². The molecule has 0 saturated carbocycles. The SMILES string of the molecule is CSc1cccc(NC(=S)NCC(C)CSc2ccc(Cl)cc2)c1. The first-order chi connectivity index (χ1) is 11.6. The Bertz CT molecular complexity index is 662. The number of anilines is 1. The molecule has 2 nitrogen and oxygen atoms in total. The molecular formula is C18H21ClN2S3. The maximum atomic E-state index is 5.90. The first-order valence-corrected chi connectivity index (χ1v) is 10.6. The second-order valence-corrected chi connectivity index (χ2v) is 8.25. The van der Waals surface area contributed by atoms with Crippen molar-refractivity contribution in [2.75, 3.05) is 23.9 Å². The number of halogens is 1. The van der Waals surface area contributed by atoms with Crippen molar-refractivity contribution >= 4 is 58.1 Å². The molecule has 0 aliphatic carbocycles. The van der Waals surface area contributed by atoms with E-state index in [1.54, 1.807) is 11.8 Å². The second kappa shape index (κ2) is 10.2. The molecule has 0 spiro atoms. The van der Waals surface area contributed by atoms with E-state index in [2.05, 4.69) is 48.1 Å². The van der Waals surface area contributed by atoms with E-state index < -0.39 is 0 Å². The van der Waals surface area contributed by atoms with Crippen molar-refractivity contribution in [1.29, 1.82) is 0 Å². The van der Waals surface area contributed by atoms with Gasteiger partial charge in [0.1, 0.15) is 0 Å². The molecule has 24 heavy (non-hydrogen) atoms. The highest BCUT2D eigenvalue weighted by Crippen LogP contribution is 2.22. The van der Waals surface area contributed by atoms with E-state index in [0.29, 0.717) is 11.0 Å². The van der Waals surface area contributed by atoms with E-state index >= 15 is 0 Å². The highest BCUT2D eigenvalue weighted by atomic mass is 35.5. The number of hydrogen-bond donors (Lipinski definition) is 2. The summed E-state index contributed by atoms with van der Waals surface area (Å²) < 4.78 is 0. The highest BCUT2D eigenvalue weighted by molar-refractivity contribution is 7.99. The van der Waals surface area contributed by atoms with Crippen LogP contribution in [0.15, 0.2) is 58.3 Å². The Morgan fingerprint density at radius 3 is 2.62 bits per heavy atom. The van der Waals surface area contributed by atoms with E-state index in [-0.39, 0.29) is 0 Å². The van der Waals surface area contributed by atoms with E-state index in [1.165, 1.54) is 9.79 Å². The molecule has 0 aliphatic rings. The molecule has 0 radical (unpaired) electrons. The highest BCUT2D eigenvalue weighted by Gasteiger charge is 2.05. The van der Waals surface area contributed by atoms with E-state index in [0.717, 1.165) is 23.0 Å². The van der Waals surface area contributed by atoms with Crippen LogP contribution < -0.4 is 10.6 Å². The van der Waals surface area contributed by atoms with Crippen LogP contribution in [0.2, 0.25) is 5.02 Å². The largest absolute Gasteiger partial charge is 0.362 e. The molecule has 128 valence electrons. The molecule has 0 saturated heterocycles. The predicted octanol–water partition coefficient (Wildman–Crippen LogP) is 5.78. The molecule has 1 atom stereocenters. The van der Waals surface area contributed by atoms with E-state index in [9.17, 15) is 0 Å². The minimum atomic E-state index is 0.503. The van der Waals surface area contributed by atoms with Gasteiger partial charge in [0, 0.05) is 32.8 Å². The third kappa shape index (κ3) is 6.93. The molecule has 2 aromatic carbocycles. The summed E-state index contributed by atoms with van der Waals surface area (Å²) in [6, 6.07) is 16.2. The maximum Gasteiger partial charge on any atom is 0.170 e. The molecule has 1 unspecified atom stereocenters. The van der Waals surface area contributed by atoms with Gasteiger partial charge in [0.2, 0.25) is 0 Å². The summed E-state index contributed by atoms with van der Waals surface area (Å²) >= 11 is 14.8. The number of nitrogens with one attached hydrogen (secondary N) is 2. The molecule has 2 aromatic rings. The quantitative estimate of drug-likeness (QED) is 0.456. The number of hydrogen-bond acceptors (Lipinski definition) is 3. The van der Waals surface area contributed by atoms with Crippen molar-refractivity contribution in [1.82, 2.24) is 5.32 Å². The smallest absolute Gasteiger partial charge is 0.170 e. The molecule has 0 fully saturated rings. The average Bonchev–Trinajstić information content (AvgIpc) is 2.59. The predicted molar refractivity (Wildman–Crippen MR) is 114 cm³/mol.